The standard InChI is InChI=1S/C20H20BF2O8/c1-26-11-28-17-5-3-15(22)7-13(17)9-19(24)30-21-31-20(25)10-14-8-16(23)4-6-18(14)29-12-27-2/h3-8H,9-12H2,1-2H3. The van der Waals surface area contributed by atoms with Crippen molar-refractivity contribution < 1.29 is 46.6 Å². The zero-order valence-electron chi connectivity index (χ0n) is 16.9. The Labute approximate surface area is 178 Å². The quantitative estimate of drug-likeness (QED) is 0.370. The maximum absolute atomic E-state index is 13.5. The van der Waals surface area contributed by atoms with Crippen LogP contribution in [0.4, 0.5) is 8.78 Å². The third kappa shape index (κ3) is 8.23. The van der Waals surface area contributed by atoms with Crippen LogP contribution in [-0.4, -0.2) is 47.4 Å². The Bertz CT molecular complexity index is 822. The van der Waals surface area contributed by atoms with E-state index in [2.05, 4.69) is 0 Å². The van der Waals surface area contributed by atoms with Gasteiger partial charge in [-0.2, -0.15) is 0 Å². The Morgan fingerprint density at radius 3 is 1.58 bits per heavy atom. The highest BCUT2D eigenvalue weighted by Gasteiger charge is 2.17. The van der Waals surface area contributed by atoms with E-state index in [4.69, 9.17) is 28.3 Å². The summed E-state index contributed by atoms with van der Waals surface area (Å²) in [6.45, 7) is -0.179. The fraction of sp³-hybridized carbons (Fsp3) is 0.300. The molecule has 8 nitrogen and oxygen atoms in total. The molecule has 165 valence electrons. The number of halogens is 2. The lowest BCUT2D eigenvalue weighted by Crippen LogP contribution is -2.19. The van der Waals surface area contributed by atoms with E-state index in [9.17, 15) is 18.4 Å². The van der Waals surface area contributed by atoms with Gasteiger partial charge >= 0.3 is 7.69 Å². The molecule has 0 aliphatic carbocycles. The summed E-state index contributed by atoms with van der Waals surface area (Å²) >= 11 is 0. The molecule has 2 aromatic carbocycles. The van der Waals surface area contributed by atoms with Crippen LogP contribution in [0.1, 0.15) is 11.1 Å². The molecule has 0 atom stereocenters. The fourth-order valence-corrected chi connectivity index (χ4v) is 2.42. The van der Waals surface area contributed by atoms with Crippen LogP contribution in [0.2, 0.25) is 0 Å². The van der Waals surface area contributed by atoms with Crippen molar-refractivity contribution in [2.75, 3.05) is 27.8 Å². The van der Waals surface area contributed by atoms with Crippen LogP contribution in [0.3, 0.4) is 0 Å². The maximum Gasteiger partial charge on any atom is 0.662 e. The van der Waals surface area contributed by atoms with Crippen molar-refractivity contribution in [2.24, 2.45) is 0 Å². The average Bonchev–Trinajstić information content (AvgIpc) is 2.72. The van der Waals surface area contributed by atoms with Gasteiger partial charge in [0.2, 0.25) is 0 Å². The number of ether oxygens (including phenoxy) is 4. The van der Waals surface area contributed by atoms with Crippen LogP contribution in [0, 0.1) is 11.6 Å². The van der Waals surface area contributed by atoms with Crippen LogP contribution >= 0.6 is 0 Å². The first-order valence-electron chi connectivity index (χ1n) is 8.94. The number of hydrogen-bond donors (Lipinski definition) is 0. The zero-order chi connectivity index (χ0) is 22.6. The molecule has 0 spiro atoms. The number of rotatable bonds is 12. The van der Waals surface area contributed by atoms with Crippen molar-refractivity contribution in [3.05, 3.63) is 59.2 Å². The lowest BCUT2D eigenvalue weighted by Gasteiger charge is -2.11. The van der Waals surface area contributed by atoms with Gasteiger partial charge in [0.1, 0.15) is 23.1 Å². The molecule has 11 heteroatoms. The van der Waals surface area contributed by atoms with Gasteiger partial charge < -0.3 is 28.3 Å². The second-order valence-corrected chi connectivity index (χ2v) is 6.04. The minimum Gasteiger partial charge on any atom is -0.499 e. The summed E-state index contributed by atoms with van der Waals surface area (Å²) in [6.07, 6.45) is -0.687. The first-order valence-corrected chi connectivity index (χ1v) is 8.94. The molecular formula is C20H20BF2O8. The lowest BCUT2D eigenvalue weighted by atomic mass is 10.1. The Kier molecular flexibility index (Phi) is 9.72. The average molecular weight is 437 g/mol. The van der Waals surface area contributed by atoms with E-state index in [1.165, 1.54) is 38.5 Å². The van der Waals surface area contributed by atoms with E-state index in [0.717, 1.165) is 12.1 Å². The molecule has 0 fully saturated rings. The largest absolute Gasteiger partial charge is 0.662 e. The molecule has 0 saturated carbocycles. The van der Waals surface area contributed by atoms with E-state index in [1.54, 1.807) is 0 Å². The molecule has 2 aromatic rings. The van der Waals surface area contributed by atoms with E-state index < -0.39 is 23.6 Å². The zero-order valence-corrected chi connectivity index (χ0v) is 16.9. The van der Waals surface area contributed by atoms with Crippen molar-refractivity contribution in [3.63, 3.8) is 0 Å². The number of carbonyl (C=O) groups excluding carboxylic acids is 2. The van der Waals surface area contributed by atoms with Gasteiger partial charge in [0.15, 0.2) is 13.6 Å². The van der Waals surface area contributed by atoms with Crippen LogP contribution in [0.25, 0.3) is 0 Å². The maximum atomic E-state index is 13.5. The summed E-state index contributed by atoms with van der Waals surface area (Å²) in [5, 5.41) is 0. The number of hydrogen-bond acceptors (Lipinski definition) is 8. The normalized spacial score (nSPS) is 10.3. The van der Waals surface area contributed by atoms with Gasteiger partial charge in [-0.3, -0.25) is 9.59 Å². The molecule has 0 saturated heterocycles. The number of benzene rings is 2. The van der Waals surface area contributed by atoms with Crippen LogP contribution in [0.15, 0.2) is 36.4 Å². The third-order valence-corrected chi connectivity index (χ3v) is 3.74. The van der Waals surface area contributed by atoms with Gasteiger partial charge in [-0.15, -0.1) is 0 Å². The highest BCUT2D eigenvalue weighted by atomic mass is 19.1. The van der Waals surface area contributed by atoms with Crippen LogP contribution in [0.5, 0.6) is 11.5 Å². The summed E-state index contributed by atoms with van der Waals surface area (Å²) < 4.78 is 56.5. The molecule has 0 heterocycles. The van der Waals surface area contributed by atoms with Gasteiger partial charge in [-0.25, -0.2) is 8.78 Å². The smallest absolute Gasteiger partial charge is 0.499 e. The van der Waals surface area contributed by atoms with Gasteiger partial charge in [0.05, 0.1) is 12.8 Å². The van der Waals surface area contributed by atoms with Gasteiger partial charge in [0.25, 0.3) is 11.9 Å². The minimum atomic E-state index is -0.824. The van der Waals surface area contributed by atoms with Gasteiger partial charge in [-0.1, -0.05) is 0 Å². The van der Waals surface area contributed by atoms with E-state index in [0.29, 0.717) is 7.69 Å². The molecule has 0 aliphatic rings. The molecule has 0 bridgehead atoms. The lowest BCUT2D eigenvalue weighted by molar-refractivity contribution is -0.138. The highest BCUT2D eigenvalue weighted by molar-refractivity contribution is 6.26. The second-order valence-electron chi connectivity index (χ2n) is 6.04. The van der Waals surface area contributed by atoms with Crippen molar-refractivity contribution >= 4 is 19.6 Å². The Hall–Kier alpha value is -3.18. The van der Waals surface area contributed by atoms with Crippen LogP contribution in [-0.2, 0) is 41.2 Å². The Balaban J connectivity index is 1.86. The molecule has 0 N–H and O–H groups in total. The van der Waals surface area contributed by atoms with Gasteiger partial charge in [-0.05, 0) is 36.4 Å². The molecule has 0 unspecified atom stereocenters. The SMILES string of the molecule is COCOc1ccc(F)cc1CC(=O)O[B]OC(=O)Cc1cc(F)ccc1OCOC. The molecule has 31 heavy (non-hydrogen) atoms. The highest BCUT2D eigenvalue weighted by Crippen LogP contribution is 2.22. The van der Waals surface area contributed by atoms with E-state index in [-0.39, 0.29) is 49.1 Å². The molecular weight excluding hydrogens is 417 g/mol. The van der Waals surface area contributed by atoms with Crippen LogP contribution < -0.4 is 9.47 Å². The van der Waals surface area contributed by atoms with Crippen molar-refractivity contribution in [3.8, 4) is 11.5 Å². The molecule has 2 rings (SSSR count). The summed E-state index contributed by atoms with van der Waals surface area (Å²) in [5.74, 6) is -2.29. The summed E-state index contributed by atoms with van der Waals surface area (Å²) in [4.78, 5) is 23.9. The molecule has 0 aliphatic heterocycles. The predicted molar refractivity (Wildman–Crippen MR) is 103 cm³/mol. The number of carbonyl (C=O) groups is 2. The van der Waals surface area contributed by atoms with Crippen molar-refractivity contribution in [2.45, 2.75) is 12.8 Å². The predicted octanol–water partition coefficient (Wildman–Crippen LogP) is 2.34. The summed E-state index contributed by atoms with van der Waals surface area (Å²) in [5.41, 5.74) is 0.447. The van der Waals surface area contributed by atoms with Crippen molar-refractivity contribution in [1.82, 2.24) is 0 Å². The Morgan fingerprint density at radius 2 is 1.19 bits per heavy atom. The number of methoxy groups -OCH3 is 2. The van der Waals surface area contributed by atoms with E-state index in [1.807, 2.05) is 0 Å². The Morgan fingerprint density at radius 1 is 0.774 bits per heavy atom. The first-order chi connectivity index (χ1) is 14.9. The minimum absolute atomic E-state index is 0.0897. The fourth-order valence-electron chi connectivity index (χ4n) is 2.42. The molecule has 1 radical (unpaired) electrons. The van der Waals surface area contributed by atoms with E-state index >= 15 is 0 Å². The molecule has 0 aromatic heterocycles. The first kappa shape index (κ1) is 24.1. The summed E-state index contributed by atoms with van der Waals surface area (Å²) in [6, 6.07) is 7.27. The third-order valence-electron chi connectivity index (χ3n) is 3.74. The molecule has 0 amide bonds. The monoisotopic (exact) mass is 437 g/mol. The second kappa shape index (κ2) is 12.5. The summed E-state index contributed by atoms with van der Waals surface area (Å²) in [7, 11) is 3.38. The topological polar surface area (TPSA) is 89.5 Å². The van der Waals surface area contributed by atoms with Gasteiger partial charge in [0, 0.05) is 25.3 Å². The van der Waals surface area contributed by atoms with Crippen molar-refractivity contribution in [1.29, 1.82) is 0 Å².